The molecule has 34 heavy (non-hydrogen) atoms. The van der Waals surface area contributed by atoms with Gasteiger partial charge in [-0.1, -0.05) is 18.2 Å². The third-order valence-electron chi connectivity index (χ3n) is 4.72. The van der Waals surface area contributed by atoms with Gasteiger partial charge in [-0.15, -0.1) is 0 Å². The van der Waals surface area contributed by atoms with Crippen molar-refractivity contribution in [1.29, 1.82) is 0 Å². The summed E-state index contributed by atoms with van der Waals surface area (Å²) in [6, 6.07) is 8.33. The van der Waals surface area contributed by atoms with Crippen molar-refractivity contribution >= 4 is 58.8 Å². The maximum absolute atomic E-state index is 12.2. The van der Waals surface area contributed by atoms with Crippen molar-refractivity contribution in [2.24, 2.45) is 0 Å². The summed E-state index contributed by atoms with van der Waals surface area (Å²) < 4.78 is 0. The molecule has 0 aliphatic carbocycles. The summed E-state index contributed by atoms with van der Waals surface area (Å²) in [4.78, 5) is 50.2. The quantitative estimate of drug-likeness (QED) is 0.145. The fraction of sp³-hybridized carbons (Fsp3) is 0.364. The second-order valence-corrected chi connectivity index (χ2v) is 7.41. The van der Waals surface area contributed by atoms with Crippen LogP contribution >= 0.6 is 0 Å². The fourth-order valence-electron chi connectivity index (χ4n) is 3.13. The standard InChI is InChI=1S/C22H27N5O6.Na.H/c1-15-9-11-24-19(12-15)23-10-5-4-8-20(28)25-14-21(29)26-17(13-22(30)31)16-6-2-3-7-18(16)27(32)33;;/h2-3,6-7,9,11-12,17H,4-5,8,10,13-14H2,1H3,(H,23,24)(H,25,28)(H,26,29)(H,30,31);;. The summed E-state index contributed by atoms with van der Waals surface area (Å²) in [6.45, 7) is 2.26. The molecule has 2 rings (SSSR count). The molecule has 12 heteroatoms. The van der Waals surface area contributed by atoms with E-state index in [1.54, 1.807) is 6.20 Å². The van der Waals surface area contributed by atoms with Crippen LogP contribution in [0.25, 0.3) is 0 Å². The molecule has 1 atom stereocenters. The van der Waals surface area contributed by atoms with Crippen LogP contribution in [0.4, 0.5) is 11.5 Å². The number of aromatic nitrogens is 1. The summed E-state index contributed by atoms with van der Waals surface area (Å²) >= 11 is 0. The van der Waals surface area contributed by atoms with Gasteiger partial charge in [-0.05, 0) is 37.5 Å². The Kier molecular flexibility index (Phi) is 12.8. The molecule has 0 aliphatic heterocycles. The van der Waals surface area contributed by atoms with Gasteiger partial charge in [0.2, 0.25) is 11.8 Å². The van der Waals surface area contributed by atoms with E-state index in [0.29, 0.717) is 13.0 Å². The Morgan fingerprint density at radius 3 is 2.56 bits per heavy atom. The van der Waals surface area contributed by atoms with Crippen LogP contribution in [0, 0.1) is 17.0 Å². The number of carbonyl (C=O) groups is 3. The zero-order valence-electron chi connectivity index (χ0n) is 18.2. The van der Waals surface area contributed by atoms with Crippen LogP contribution in [0.1, 0.15) is 42.9 Å². The van der Waals surface area contributed by atoms with Gasteiger partial charge in [-0.3, -0.25) is 24.5 Å². The Morgan fingerprint density at radius 2 is 1.88 bits per heavy atom. The first kappa shape index (κ1) is 29.0. The zero-order valence-corrected chi connectivity index (χ0v) is 18.2. The molecule has 0 spiro atoms. The normalized spacial score (nSPS) is 11.0. The zero-order chi connectivity index (χ0) is 24.2. The Balaban J connectivity index is 0.00000578. The number of hydrogen-bond donors (Lipinski definition) is 4. The number of anilines is 1. The van der Waals surface area contributed by atoms with Crippen LogP contribution in [0.5, 0.6) is 0 Å². The molecule has 0 aliphatic rings. The number of amides is 2. The molecule has 1 unspecified atom stereocenters. The predicted octanol–water partition coefficient (Wildman–Crippen LogP) is 1.68. The first-order valence-electron chi connectivity index (χ1n) is 10.4. The van der Waals surface area contributed by atoms with Gasteiger partial charge in [0.05, 0.1) is 29.5 Å². The minimum absolute atomic E-state index is 0. The number of nitro benzene ring substituents is 1. The maximum atomic E-state index is 12.2. The molecular weight excluding hydrogens is 453 g/mol. The molecule has 0 saturated carbocycles. The van der Waals surface area contributed by atoms with Crippen LogP contribution in [0.3, 0.4) is 0 Å². The van der Waals surface area contributed by atoms with Gasteiger partial charge < -0.3 is 21.1 Å². The van der Waals surface area contributed by atoms with Crippen LogP contribution in [-0.2, 0) is 14.4 Å². The third kappa shape index (κ3) is 10.3. The number of hydrogen-bond acceptors (Lipinski definition) is 7. The number of nitrogens with one attached hydrogen (secondary N) is 3. The van der Waals surface area contributed by atoms with E-state index in [1.165, 1.54) is 24.3 Å². The van der Waals surface area contributed by atoms with Crippen molar-refractivity contribution < 1.29 is 24.4 Å². The van der Waals surface area contributed by atoms with Gasteiger partial charge in [0, 0.05) is 25.2 Å². The van der Waals surface area contributed by atoms with Crippen LogP contribution in [-0.4, -0.2) is 75.4 Å². The van der Waals surface area contributed by atoms with Crippen molar-refractivity contribution in [3.05, 3.63) is 63.8 Å². The summed E-state index contributed by atoms with van der Waals surface area (Å²) in [5.41, 5.74) is 0.889. The number of carbonyl (C=O) groups excluding carboxylic acids is 2. The molecule has 2 amide bonds. The summed E-state index contributed by atoms with van der Waals surface area (Å²) in [7, 11) is 0. The number of aryl methyl sites for hydroxylation is 1. The molecule has 0 radical (unpaired) electrons. The van der Waals surface area contributed by atoms with Crippen LogP contribution < -0.4 is 16.0 Å². The van der Waals surface area contributed by atoms with E-state index in [4.69, 9.17) is 5.11 Å². The summed E-state index contributed by atoms with van der Waals surface area (Å²) in [5, 5.41) is 28.5. The second-order valence-electron chi connectivity index (χ2n) is 7.41. The minimum atomic E-state index is -1.23. The third-order valence-corrected chi connectivity index (χ3v) is 4.72. The number of unbranched alkanes of at least 4 members (excludes halogenated alkanes) is 1. The number of carboxylic acid groups (broad SMARTS) is 1. The molecule has 2 aromatic rings. The molecule has 4 N–H and O–H groups in total. The summed E-state index contributed by atoms with van der Waals surface area (Å²) in [5.74, 6) is -1.41. The van der Waals surface area contributed by atoms with E-state index in [-0.39, 0.29) is 59.7 Å². The van der Waals surface area contributed by atoms with Gasteiger partial charge in [0.1, 0.15) is 5.82 Å². The molecular formula is C22H28N5NaO6. The Labute approximate surface area is 219 Å². The summed E-state index contributed by atoms with van der Waals surface area (Å²) in [6.07, 6.45) is 2.73. The average Bonchev–Trinajstić information content (AvgIpc) is 2.76. The first-order chi connectivity index (χ1) is 15.8. The van der Waals surface area contributed by atoms with Crippen molar-refractivity contribution in [1.82, 2.24) is 15.6 Å². The number of para-hydroxylation sites is 1. The number of nitrogens with zero attached hydrogens (tertiary/aromatic N) is 2. The Morgan fingerprint density at radius 1 is 1.15 bits per heavy atom. The number of nitro groups is 1. The van der Waals surface area contributed by atoms with Crippen LogP contribution in [0.2, 0.25) is 0 Å². The molecule has 0 bridgehead atoms. The monoisotopic (exact) mass is 481 g/mol. The first-order valence-corrected chi connectivity index (χ1v) is 10.4. The number of carboxylic acids is 1. The van der Waals surface area contributed by atoms with Gasteiger partial charge in [-0.2, -0.15) is 0 Å². The Bertz CT molecular complexity index is 1000. The molecule has 178 valence electrons. The van der Waals surface area contributed by atoms with Gasteiger partial charge >= 0.3 is 35.5 Å². The second kappa shape index (κ2) is 15.0. The van der Waals surface area contributed by atoms with E-state index in [1.807, 2.05) is 19.1 Å². The van der Waals surface area contributed by atoms with E-state index in [0.717, 1.165) is 17.8 Å². The van der Waals surface area contributed by atoms with Gasteiger partial charge in [-0.25, -0.2) is 4.98 Å². The molecule has 1 heterocycles. The van der Waals surface area contributed by atoms with E-state index in [9.17, 15) is 24.5 Å². The van der Waals surface area contributed by atoms with Crippen molar-refractivity contribution in [2.45, 2.75) is 38.6 Å². The molecule has 1 aromatic heterocycles. The predicted molar refractivity (Wildman–Crippen MR) is 128 cm³/mol. The van der Waals surface area contributed by atoms with Crippen molar-refractivity contribution in [3.8, 4) is 0 Å². The molecule has 0 saturated heterocycles. The number of benzene rings is 1. The van der Waals surface area contributed by atoms with Crippen LogP contribution in [0.15, 0.2) is 42.6 Å². The van der Waals surface area contributed by atoms with Crippen molar-refractivity contribution in [3.63, 3.8) is 0 Å². The number of rotatable bonds is 13. The van der Waals surface area contributed by atoms with Gasteiger partial charge in [0.25, 0.3) is 5.69 Å². The van der Waals surface area contributed by atoms with E-state index < -0.39 is 29.3 Å². The number of aliphatic carboxylic acids is 1. The molecule has 0 fully saturated rings. The van der Waals surface area contributed by atoms with Gasteiger partial charge in [0.15, 0.2) is 0 Å². The molecule has 11 nitrogen and oxygen atoms in total. The SMILES string of the molecule is Cc1ccnc(NCCCCC(=O)NCC(=O)NC(CC(=O)O)c2ccccc2[N+](=O)[O-])c1.[NaH]. The Hall–Kier alpha value is -3.02. The molecule has 1 aromatic carbocycles. The average molecular weight is 481 g/mol. The van der Waals surface area contributed by atoms with E-state index >= 15 is 0 Å². The number of pyridine rings is 1. The van der Waals surface area contributed by atoms with Crippen molar-refractivity contribution in [2.75, 3.05) is 18.4 Å². The van der Waals surface area contributed by atoms with E-state index in [2.05, 4.69) is 20.9 Å². The topological polar surface area (TPSA) is 164 Å². The fourth-order valence-corrected chi connectivity index (χ4v) is 3.13.